The highest BCUT2D eigenvalue weighted by Gasteiger charge is 2.15. The highest BCUT2D eigenvalue weighted by atomic mass is 32.1. The Morgan fingerprint density at radius 3 is 3.00 bits per heavy atom. The molecule has 4 nitrogen and oxygen atoms in total. The summed E-state index contributed by atoms with van der Waals surface area (Å²) in [6.45, 7) is 0. The van der Waals surface area contributed by atoms with E-state index in [-0.39, 0.29) is 5.91 Å². The monoisotopic (exact) mass is 299 g/mol. The molecule has 1 aliphatic heterocycles. The number of benzene rings is 1. The molecule has 1 aromatic heterocycles. The Hall–Kier alpha value is -2.40. The molecule has 0 atom stereocenters. The zero-order valence-electron chi connectivity index (χ0n) is 11.2. The van der Waals surface area contributed by atoms with E-state index in [0.29, 0.717) is 18.6 Å². The van der Waals surface area contributed by atoms with E-state index in [4.69, 9.17) is 4.74 Å². The van der Waals surface area contributed by atoms with Gasteiger partial charge in [-0.1, -0.05) is 6.07 Å². The van der Waals surface area contributed by atoms with E-state index in [0.717, 1.165) is 16.1 Å². The summed E-state index contributed by atoms with van der Waals surface area (Å²) >= 11 is 1.56. The normalized spacial score (nSPS) is 13.8. The quantitative estimate of drug-likeness (QED) is 0.538. The van der Waals surface area contributed by atoms with Gasteiger partial charge in [0.25, 0.3) is 0 Å². The molecule has 21 heavy (non-hydrogen) atoms. The summed E-state index contributed by atoms with van der Waals surface area (Å²) in [5.74, 6) is 0.0973. The molecule has 3 rings (SSSR count). The minimum atomic E-state index is -0.414. The summed E-state index contributed by atoms with van der Waals surface area (Å²) in [6.07, 6.45) is 4.26. The first-order chi connectivity index (χ1) is 10.2. The van der Waals surface area contributed by atoms with Gasteiger partial charge in [0.15, 0.2) is 0 Å². The number of fused-ring (bicyclic) bond motifs is 1. The van der Waals surface area contributed by atoms with Gasteiger partial charge in [-0.05, 0) is 47.7 Å². The fraction of sp³-hybridized carbons (Fsp3) is 0.125. The van der Waals surface area contributed by atoms with Gasteiger partial charge in [0, 0.05) is 23.1 Å². The maximum atomic E-state index is 11.8. The maximum absolute atomic E-state index is 11.8. The number of esters is 1. The van der Waals surface area contributed by atoms with Crippen molar-refractivity contribution in [1.29, 1.82) is 0 Å². The Kier molecular flexibility index (Phi) is 3.83. The molecule has 1 aromatic carbocycles. The first kappa shape index (κ1) is 13.6. The summed E-state index contributed by atoms with van der Waals surface area (Å²) in [7, 11) is 0. The molecular formula is C16H13NO3S. The van der Waals surface area contributed by atoms with Gasteiger partial charge in [-0.15, -0.1) is 11.3 Å². The number of nitrogens with one attached hydrogen (secondary N) is 1. The second kappa shape index (κ2) is 5.93. The van der Waals surface area contributed by atoms with Crippen LogP contribution in [0.2, 0.25) is 0 Å². The van der Waals surface area contributed by atoms with E-state index >= 15 is 0 Å². The van der Waals surface area contributed by atoms with Gasteiger partial charge >= 0.3 is 5.97 Å². The maximum Gasteiger partial charge on any atom is 0.336 e. The number of hydrogen-bond acceptors (Lipinski definition) is 4. The highest BCUT2D eigenvalue weighted by molar-refractivity contribution is 7.10. The highest BCUT2D eigenvalue weighted by Crippen LogP contribution is 2.26. The van der Waals surface area contributed by atoms with Gasteiger partial charge in [0.1, 0.15) is 5.75 Å². The lowest BCUT2D eigenvalue weighted by Crippen LogP contribution is -2.19. The third-order valence-electron chi connectivity index (χ3n) is 3.12. The van der Waals surface area contributed by atoms with E-state index in [1.807, 2.05) is 17.5 Å². The summed E-state index contributed by atoms with van der Waals surface area (Å²) in [5.41, 5.74) is 1.78. The van der Waals surface area contributed by atoms with Crippen LogP contribution >= 0.6 is 11.3 Å². The van der Waals surface area contributed by atoms with E-state index in [2.05, 4.69) is 5.32 Å². The van der Waals surface area contributed by atoms with Crippen molar-refractivity contribution in [2.45, 2.75) is 12.8 Å². The SMILES string of the molecule is O=C1CCc2cc(OC(=O)/C=C/c3cccs3)ccc2N1. The van der Waals surface area contributed by atoms with Crippen molar-refractivity contribution in [1.82, 2.24) is 0 Å². The molecule has 1 aliphatic rings. The summed E-state index contributed by atoms with van der Waals surface area (Å²) in [5, 5.41) is 4.74. The fourth-order valence-electron chi connectivity index (χ4n) is 2.11. The molecule has 0 unspecified atom stereocenters. The van der Waals surface area contributed by atoms with Gasteiger partial charge in [-0.2, -0.15) is 0 Å². The van der Waals surface area contributed by atoms with Gasteiger partial charge < -0.3 is 10.1 Å². The number of carbonyl (C=O) groups excluding carboxylic acids is 2. The zero-order chi connectivity index (χ0) is 14.7. The predicted octanol–water partition coefficient (Wildman–Crippen LogP) is 3.25. The Morgan fingerprint density at radius 2 is 2.19 bits per heavy atom. The van der Waals surface area contributed by atoms with Crippen LogP contribution in [0.4, 0.5) is 5.69 Å². The molecule has 5 heteroatoms. The fourth-order valence-corrected chi connectivity index (χ4v) is 2.73. The van der Waals surface area contributed by atoms with E-state index < -0.39 is 5.97 Å². The molecule has 2 aromatic rings. The number of amides is 1. The Morgan fingerprint density at radius 1 is 1.29 bits per heavy atom. The molecule has 106 valence electrons. The van der Waals surface area contributed by atoms with Crippen LogP contribution in [-0.4, -0.2) is 11.9 Å². The van der Waals surface area contributed by atoms with Crippen molar-refractivity contribution in [3.63, 3.8) is 0 Å². The van der Waals surface area contributed by atoms with Crippen molar-refractivity contribution in [2.75, 3.05) is 5.32 Å². The summed E-state index contributed by atoms with van der Waals surface area (Å²) in [6, 6.07) is 9.09. The molecule has 2 heterocycles. The Balaban J connectivity index is 1.68. The minimum absolute atomic E-state index is 0.0196. The Bertz CT molecular complexity index is 704. The van der Waals surface area contributed by atoms with Gasteiger partial charge in [0.2, 0.25) is 5.91 Å². The smallest absolute Gasteiger partial charge is 0.336 e. The van der Waals surface area contributed by atoms with Crippen molar-refractivity contribution in [2.24, 2.45) is 0 Å². The number of carbonyl (C=O) groups is 2. The van der Waals surface area contributed by atoms with Crippen LogP contribution in [0.3, 0.4) is 0 Å². The largest absolute Gasteiger partial charge is 0.423 e. The minimum Gasteiger partial charge on any atom is -0.423 e. The van der Waals surface area contributed by atoms with E-state index in [1.54, 1.807) is 35.6 Å². The Labute approximate surface area is 126 Å². The number of anilines is 1. The van der Waals surface area contributed by atoms with Crippen molar-refractivity contribution >= 4 is 35.0 Å². The molecule has 1 N–H and O–H groups in total. The average Bonchev–Trinajstić information content (AvgIpc) is 2.99. The van der Waals surface area contributed by atoms with Gasteiger partial charge in [-0.3, -0.25) is 4.79 Å². The van der Waals surface area contributed by atoms with E-state index in [1.165, 1.54) is 6.08 Å². The third kappa shape index (κ3) is 3.38. The first-order valence-corrected chi connectivity index (χ1v) is 7.45. The summed E-state index contributed by atoms with van der Waals surface area (Å²) < 4.78 is 5.27. The molecule has 0 aliphatic carbocycles. The number of hydrogen-bond donors (Lipinski definition) is 1. The molecule has 0 bridgehead atoms. The second-order valence-corrected chi connectivity index (χ2v) is 5.62. The van der Waals surface area contributed by atoms with Crippen LogP contribution in [-0.2, 0) is 16.0 Å². The van der Waals surface area contributed by atoms with Crippen molar-refractivity contribution < 1.29 is 14.3 Å². The van der Waals surface area contributed by atoms with Crippen LogP contribution < -0.4 is 10.1 Å². The topological polar surface area (TPSA) is 55.4 Å². The number of aryl methyl sites for hydroxylation is 1. The average molecular weight is 299 g/mol. The molecule has 1 amide bonds. The van der Waals surface area contributed by atoms with E-state index in [9.17, 15) is 9.59 Å². The van der Waals surface area contributed by atoms with Crippen LogP contribution in [0.1, 0.15) is 16.9 Å². The predicted molar refractivity (Wildman–Crippen MR) is 82.4 cm³/mol. The van der Waals surface area contributed by atoms with Crippen LogP contribution in [0, 0.1) is 0 Å². The lowest BCUT2D eigenvalue weighted by Gasteiger charge is -2.17. The van der Waals surface area contributed by atoms with Crippen LogP contribution in [0.25, 0.3) is 6.08 Å². The number of thiophene rings is 1. The van der Waals surface area contributed by atoms with Crippen molar-refractivity contribution in [3.8, 4) is 5.75 Å². The number of ether oxygens (including phenoxy) is 1. The molecular weight excluding hydrogens is 286 g/mol. The number of rotatable bonds is 3. The second-order valence-electron chi connectivity index (χ2n) is 4.64. The van der Waals surface area contributed by atoms with Crippen LogP contribution in [0.15, 0.2) is 41.8 Å². The van der Waals surface area contributed by atoms with Gasteiger partial charge in [-0.25, -0.2) is 4.79 Å². The molecule has 0 fully saturated rings. The summed E-state index contributed by atoms with van der Waals surface area (Å²) in [4.78, 5) is 24.0. The van der Waals surface area contributed by atoms with Gasteiger partial charge in [0.05, 0.1) is 0 Å². The lowest BCUT2D eigenvalue weighted by atomic mass is 10.0. The zero-order valence-corrected chi connectivity index (χ0v) is 12.0. The van der Waals surface area contributed by atoms with Crippen LogP contribution in [0.5, 0.6) is 5.75 Å². The molecule has 0 saturated carbocycles. The molecule has 0 spiro atoms. The lowest BCUT2D eigenvalue weighted by molar-refractivity contribution is -0.129. The first-order valence-electron chi connectivity index (χ1n) is 6.57. The van der Waals surface area contributed by atoms with Crippen molar-refractivity contribution in [3.05, 3.63) is 52.2 Å². The molecule has 0 radical (unpaired) electrons. The third-order valence-corrected chi connectivity index (χ3v) is 3.96. The molecule has 0 saturated heterocycles. The standard InChI is InChI=1S/C16H13NO3S/c18-15-7-3-11-10-12(4-6-14(11)17-15)20-16(19)8-5-13-2-1-9-21-13/h1-2,4-6,8-10H,3,7H2,(H,17,18)/b8-5+.